The van der Waals surface area contributed by atoms with Crippen molar-refractivity contribution in [2.45, 2.75) is 324 Å². The van der Waals surface area contributed by atoms with Crippen LogP contribution in [0.4, 0.5) is 0 Å². The molecule has 0 bridgehead atoms. The van der Waals surface area contributed by atoms with Crippen LogP contribution in [-0.4, -0.2) is 96.7 Å². The van der Waals surface area contributed by atoms with Crippen LogP contribution in [0.15, 0.2) is 24.3 Å². The average Bonchev–Trinajstić information content (AvgIpc) is 3.66. The van der Waals surface area contributed by atoms with E-state index in [1.54, 1.807) is 0 Å². The van der Waals surface area contributed by atoms with Gasteiger partial charge in [0.2, 0.25) is 0 Å². The van der Waals surface area contributed by atoms with Crippen LogP contribution in [0.1, 0.15) is 305 Å². The molecule has 0 radical (unpaired) electrons. The molecule has 0 aromatic carbocycles. The molecule has 86 heavy (non-hydrogen) atoms. The Hall–Kier alpha value is -2.46. The Morgan fingerprint density at radius 3 is 1.03 bits per heavy atom. The summed E-state index contributed by atoms with van der Waals surface area (Å²) in [7, 11) is -9.91. The van der Waals surface area contributed by atoms with E-state index in [-0.39, 0.29) is 25.7 Å². The molecule has 7 atom stereocenters. The molecule has 19 heteroatoms. The number of rotatable bonds is 63. The molecule has 506 valence electrons. The number of hydrogen-bond acceptors (Lipinski definition) is 15. The molecule has 0 saturated heterocycles. The van der Waals surface area contributed by atoms with Crippen molar-refractivity contribution in [2.24, 2.45) is 17.8 Å². The van der Waals surface area contributed by atoms with Gasteiger partial charge in [0.15, 0.2) is 12.2 Å². The number of carbonyl (C=O) groups excluding carboxylic acids is 4. The molecule has 17 nitrogen and oxygen atoms in total. The highest BCUT2D eigenvalue weighted by atomic mass is 31.2. The lowest BCUT2D eigenvalue weighted by molar-refractivity contribution is -0.161. The first-order valence-corrected chi connectivity index (χ1v) is 37.2. The van der Waals surface area contributed by atoms with Crippen LogP contribution in [0, 0.1) is 17.8 Å². The monoisotopic (exact) mass is 1260 g/mol. The summed E-state index contributed by atoms with van der Waals surface area (Å²) in [6, 6.07) is 0. The second kappa shape index (κ2) is 57.7. The Labute approximate surface area is 522 Å². The first-order valence-electron chi connectivity index (χ1n) is 34.2. The SMILES string of the molecule is CCCCCC/C=C\C=C/CCCCCCCC(=O)OC[C@H](COP(=O)(O)OC[C@@H](O)COP(=O)(O)OC[C@@H](COC(=O)CCCCCCCCC(C)CC)OC(=O)CCCCCCCCC(C)C)OC(=O)CCCCCCCCCCC(C)CC. The molecule has 0 aliphatic heterocycles. The number of esters is 4. The van der Waals surface area contributed by atoms with E-state index in [9.17, 15) is 43.2 Å². The van der Waals surface area contributed by atoms with Crippen molar-refractivity contribution in [1.29, 1.82) is 0 Å². The van der Waals surface area contributed by atoms with Gasteiger partial charge in [-0.15, -0.1) is 0 Å². The number of aliphatic hydroxyl groups excluding tert-OH is 1. The fourth-order valence-electron chi connectivity index (χ4n) is 9.41. The fraction of sp³-hybridized carbons (Fsp3) is 0.881. The maximum atomic E-state index is 13.0. The zero-order valence-electron chi connectivity index (χ0n) is 55.3. The van der Waals surface area contributed by atoms with E-state index in [0.717, 1.165) is 127 Å². The van der Waals surface area contributed by atoms with Crippen molar-refractivity contribution < 1.29 is 80.2 Å². The summed E-state index contributed by atoms with van der Waals surface area (Å²) in [5, 5.41) is 10.5. The van der Waals surface area contributed by atoms with Crippen molar-refractivity contribution in [2.75, 3.05) is 39.6 Å². The third kappa shape index (κ3) is 57.9. The van der Waals surface area contributed by atoms with E-state index in [1.165, 1.54) is 89.9 Å². The van der Waals surface area contributed by atoms with Gasteiger partial charge < -0.3 is 33.8 Å². The molecule has 0 fully saturated rings. The van der Waals surface area contributed by atoms with Crippen LogP contribution in [0.3, 0.4) is 0 Å². The van der Waals surface area contributed by atoms with Crippen molar-refractivity contribution in [3.8, 4) is 0 Å². The molecule has 0 aromatic rings. The summed E-state index contributed by atoms with van der Waals surface area (Å²) in [5.41, 5.74) is 0. The normalized spacial score (nSPS) is 15.1. The molecule has 4 unspecified atom stereocenters. The van der Waals surface area contributed by atoms with Crippen molar-refractivity contribution in [1.82, 2.24) is 0 Å². The fourth-order valence-corrected chi connectivity index (χ4v) is 11.0. The van der Waals surface area contributed by atoms with Crippen molar-refractivity contribution in [3.63, 3.8) is 0 Å². The minimum absolute atomic E-state index is 0.0974. The van der Waals surface area contributed by atoms with Crippen LogP contribution < -0.4 is 0 Å². The predicted octanol–water partition coefficient (Wildman–Crippen LogP) is 18.2. The number of hydrogen-bond donors (Lipinski definition) is 3. The van der Waals surface area contributed by atoms with Gasteiger partial charge in [0.1, 0.15) is 19.3 Å². The lowest BCUT2D eigenvalue weighted by Crippen LogP contribution is -2.30. The number of allylic oxidation sites excluding steroid dienone is 4. The molecule has 0 aliphatic rings. The van der Waals surface area contributed by atoms with Gasteiger partial charge in [-0.2, -0.15) is 0 Å². The van der Waals surface area contributed by atoms with Crippen LogP contribution in [0.2, 0.25) is 0 Å². The first kappa shape index (κ1) is 83.5. The Morgan fingerprint density at radius 1 is 0.384 bits per heavy atom. The largest absolute Gasteiger partial charge is 0.472 e. The minimum Gasteiger partial charge on any atom is -0.462 e. The highest BCUT2D eigenvalue weighted by Gasteiger charge is 2.30. The zero-order chi connectivity index (χ0) is 63.8. The van der Waals surface area contributed by atoms with Crippen molar-refractivity contribution in [3.05, 3.63) is 24.3 Å². The van der Waals surface area contributed by atoms with Crippen LogP contribution in [-0.2, 0) is 65.4 Å². The highest BCUT2D eigenvalue weighted by Crippen LogP contribution is 2.45. The van der Waals surface area contributed by atoms with Gasteiger partial charge >= 0.3 is 39.5 Å². The smallest absolute Gasteiger partial charge is 0.462 e. The van der Waals surface area contributed by atoms with E-state index >= 15 is 0 Å². The molecule has 0 amide bonds. The zero-order valence-corrected chi connectivity index (χ0v) is 57.0. The molecule has 3 N–H and O–H groups in total. The topological polar surface area (TPSA) is 237 Å². The lowest BCUT2D eigenvalue weighted by atomic mass is 9.99. The molecule has 0 spiro atoms. The van der Waals surface area contributed by atoms with Crippen molar-refractivity contribution >= 4 is 39.5 Å². The molecular weight excluding hydrogens is 1140 g/mol. The number of aliphatic hydroxyl groups is 1. The molecule has 0 aliphatic carbocycles. The number of ether oxygens (including phenoxy) is 4. The maximum Gasteiger partial charge on any atom is 0.472 e. The Balaban J connectivity index is 5.28. The Morgan fingerprint density at radius 2 is 0.686 bits per heavy atom. The summed E-state index contributed by atoms with van der Waals surface area (Å²) in [6.45, 7) is 11.6. The maximum absolute atomic E-state index is 13.0. The Bertz CT molecular complexity index is 1800. The van der Waals surface area contributed by atoms with Gasteiger partial charge in [-0.1, -0.05) is 253 Å². The van der Waals surface area contributed by atoms with Crippen LogP contribution in [0.25, 0.3) is 0 Å². The van der Waals surface area contributed by atoms with Gasteiger partial charge in [-0.05, 0) is 69.1 Å². The highest BCUT2D eigenvalue weighted by molar-refractivity contribution is 7.47. The van der Waals surface area contributed by atoms with E-state index in [2.05, 4.69) is 72.8 Å². The third-order valence-electron chi connectivity index (χ3n) is 15.5. The van der Waals surface area contributed by atoms with E-state index in [4.69, 9.17) is 37.0 Å². The van der Waals surface area contributed by atoms with Crippen LogP contribution >= 0.6 is 15.6 Å². The number of carbonyl (C=O) groups is 4. The first-order chi connectivity index (χ1) is 41.3. The summed E-state index contributed by atoms with van der Waals surface area (Å²) in [6.07, 6.45) is 42.7. The predicted molar refractivity (Wildman–Crippen MR) is 344 cm³/mol. The van der Waals surface area contributed by atoms with Crippen LogP contribution in [0.5, 0.6) is 0 Å². The van der Waals surface area contributed by atoms with E-state index in [0.29, 0.717) is 31.6 Å². The number of unbranched alkanes of at least 4 members (excludes halogenated alkanes) is 26. The molecule has 0 heterocycles. The summed E-state index contributed by atoms with van der Waals surface area (Å²) >= 11 is 0. The lowest BCUT2D eigenvalue weighted by Gasteiger charge is -2.21. The molecule has 0 aromatic heterocycles. The number of phosphoric acid groups is 2. The van der Waals surface area contributed by atoms with Gasteiger partial charge in [-0.3, -0.25) is 37.3 Å². The average molecular weight is 1270 g/mol. The minimum atomic E-state index is -4.96. The van der Waals surface area contributed by atoms with Gasteiger partial charge in [0, 0.05) is 25.7 Å². The molecule has 0 saturated carbocycles. The second-order valence-electron chi connectivity index (χ2n) is 24.5. The molecular formula is C67H126O17P2. The second-order valence-corrected chi connectivity index (χ2v) is 27.4. The third-order valence-corrected chi connectivity index (χ3v) is 17.4. The van der Waals surface area contributed by atoms with Gasteiger partial charge in [0.25, 0.3) is 0 Å². The summed E-state index contributed by atoms with van der Waals surface area (Å²) < 4.78 is 68.0. The summed E-state index contributed by atoms with van der Waals surface area (Å²) in [4.78, 5) is 72.3. The Kier molecular flexibility index (Phi) is 56.0. The number of phosphoric ester groups is 2. The molecule has 0 rings (SSSR count). The van der Waals surface area contributed by atoms with Gasteiger partial charge in [-0.25, -0.2) is 9.13 Å². The quantitative estimate of drug-likeness (QED) is 0.0169. The van der Waals surface area contributed by atoms with E-state index in [1.807, 2.05) is 0 Å². The van der Waals surface area contributed by atoms with Gasteiger partial charge in [0.05, 0.1) is 26.4 Å². The summed E-state index contributed by atoms with van der Waals surface area (Å²) in [5.74, 6) is -0.00528. The standard InChI is InChI=1S/C67H126O17P2/c1-8-11-12-13-14-15-16-17-18-19-20-21-25-34-41-48-64(69)77-54-62(83-66(71)50-43-36-26-23-22-24-32-39-46-59(6)9-2)56-81-85(73,74)79-52-61(68)53-80-86(75,76)82-57-63(84-67(72)51-44-37-29-27-31-38-45-58(4)5)55-78-65(70)49-42-35-30-28-33-40-47-60(7)10-3/h15-18,58-63,68H,8-14,19-57H2,1-7H3,(H,73,74)(H,75,76)/b16-15-,18-17-/t59?,60?,61-,62-,63-/m1/s1. The van der Waals surface area contributed by atoms with E-state index < -0.39 is 97.5 Å².